The van der Waals surface area contributed by atoms with E-state index in [1.807, 2.05) is 13.0 Å². The molecule has 29 heavy (non-hydrogen) atoms. The lowest BCUT2D eigenvalue weighted by Gasteiger charge is -2.33. The number of aryl methyl sites for hydroxylation is 1. The minimum absolute atomic E-state index is 0.0320. The number of carbonyl (C=O) groups excluding carboxylic acids is 1. The average molecular weight is 423 g/mol. The largest absolute Gasteiger partial charge is 0.322 e. The fourth-order valence-electron chi connectivity index (χ4n) is 4.07. The second-order valence-electron chi connectivity index (χ2n) is 7.97. The van der Waals surface area contributed by atoms with Gasteiger partial charge in [0.05, 0.1) is 23.6 Å². The summed E-state index contributed by atoms with van der Waals surface area (Å²) in [5, 5.41) is 9.11. The van der Waals surface area contributed by atoms with Crippen molar-refractivity contribution in [3.8, 4) is 6.07 Å². The highest BCUT2D eigenvalue weighted by atomic mass is 32.2. The number of nitrogens with zero attached hydrogens (tertiary/aromatic N) is 3. The molecule has 2 aliphatic heterocycles. The van der Waals surface area contributed by atoms with E-state index < -0.39 is 34.2 Å². The van der Waals surface area contributed by atoms with Gasteiger partial charge in [0.25, 0.3) is 0 Å². The molecule has 0 bridgehead atoms. The van der Waals surface area contributed by atoms with Crippen LogP contribution in [-0.2, 0) is 14.8 Å². The molecule has 2 N–H and O–H groups in total. The third-order valence-corrected chi connectivity index (χ3v) is 7.73. The first-order valence-corrected chi connectivity index (χ1v) is 11.3. The predicted octanol–water partition coefficient (Wildman–Crippen LogP) is 1.58. The van der Waals surface area contributed by atoms with Crippen molar-refractivity contribution < 1.29 is 17.6 Å². The van der Waals surface area contributed by atoms with E-state index in [1.165, 1.54) is 9.21 Å². The highest BCUT2D eigenvalue weighted by molar-refractivity contribution is 7.89. The van der Waals surface area contributed by atoms with Crippen LogP contribution in [0.5, 0.6) is 0 Å². The minimum atomic E-state index is -3.53. The molecule has 1 aromatic rings. The Morgan fingerprint density at radius 2 is 1.93 bits per heavy atom. The summed E-state index contributed by atoms with van der Waals surface area (Å²) in [4.78, 5) is 14.1. The van der Waals surface area contributed by atoms with Crippen LogP contribution in [0.1, 0.15) is 31.2 Å². The van der Waals surface area contributed by atoms with Gasteiger partial charge < -0.3 is 10.6 Å². The summed E-state index contributed by atoms with van der Waals surface area (Å²) in [5.41, 5.74) is 7.06. The quantitative estimate of drug-likeness (QED) is 0.775. The van der Waals surface area contributed by atoms with Gasteiger partial charge >= 0.3 is 0 Å². The molecule has 2 aliphatic rings. The van der Waals surface area contributed by atoms with Crippen LogP contribution in [0.15, 0.2) is 29.2 Å². The fourth-order valence-corrected chi connectivity index (χ4v) is 5.54. The smallest absolute Gasteiger partial charge is 0.243 e. The van der Waals surface area contributed by atoms with Crippen molar-refractivity contribution in [3.05, 3.63) is 29.8 Å². The van der Waals surface area contributed by atoms with E-state index in [4.69, 9.17) is 11.0 Å². The van der Waals surface area contributed by atoms with Crippen molar-refractivity contribution in [2.24, 2.45) is 11.7 Å². The van der Waals surface area contributed by atoms with Crippen LogP contribution < -0.4 is 5.73 Å². The van der Waals surface area contributed by atoms with Gasteiger partial charge in [-0.3, -0.25) is 4.79 Å². The van der Waals surface area contributed by atoms with Crippen molar-refractivity contribution in [2.45, 2.75) is 55.8 Å². The summed E-state index contributed by atoms with van der Waals surface area (Å²) in [6.07, 6.45) is 0.470. The molecule has 158 valence electrons. The Morgan fingerprint density at radius 3 is 2.52 bits per heavy atom. The van der Waals surface area contributed by atoms with Gasteiger partial charge in [0.2, 0.25) is 15.9 Å². The van der Waals surface area contributed by atoms with E-state index in [0.29, 0.717) is 32.4 Å². The SMILES string of the molecule is Cc1ccc(S(=O)(=O)N2CCC(C[C@H](N)C(=O)N3C[C@@H](F)C[C@H]3C#N)CC2)cc1. The van der Waals surface area contributed by atoms with Crippen molar-refractivity contribution in [1.82, 2.24) is 9.21 Å². The highest BCUT2D eigenvalue weighted by Gasteiger charge is 2.38. The number of nitrogens with two attached hydrogens (primary N) is 1. The van der Waals surface area contributed by atoms with E-state index >= 15 is 0 Å². The lowest BCUT2D eigenvalue weighted by molar-refractivity contribution is -0.133. The van der Waals surface area contributed by atoms with Crippen LogP contribution in [0.4, 0.5) is 4.39 Å². The van der Waals surface area contributed by atoms with Crippen LogP contribution in [0.25, 0.3) is 0 Å². The number of carbonyl (C=O) groups is 1. The van der Waals surface area contributed by atoms with Gasteiger partial charge in [0.15, 0.2) is 0 Å². The van der Waals surface area contributed by atoms with E-state index in [0.717, 1.165) is 5.56 Å². The Bertz CT molecular complexity index is 876. The molecule has 9 heteroatoms. The summed E-state index contributed by atoms with van der Waals surface area (Å²) in [6, 6.07) is 7.18. The number of piperidine rings is 1. The first-order chi connectivity index (χ1) is 13.7. The van der Waals surface area contributed by atoms with E-state index in [-0.39, 0.29) is 23.8 Å². The summed E-state index contributed by atoms with van der Waals surface area (Å²) < 4.78 is 40.6. The van der Waals surface area contributed by atoms with E-state index in [9.17, 15) is 17.6 Å². The summed E-state index contributed by atoms with van der Waals surface area (Å²) in [7, 11) is -3.53. The maximum atomic E-state index is 13.6. The molecule has 0 aromatic heterocycles. The van der Waals surface area contributed by atoms with E-state index in [1.54, 1.807) is 24.3 Å². The zero-order valence-electron chi connectivity index (χ0n) is 16.5. The van der Waals surface area contributed by atoms with Crippen LogP contribution in [0, 0.1) is 24.2 Å². The van der Waals surface area contributed by atoms with Crippen LogP contribution in [0.2, 0.25) is 0 Å². The molecule has 0 spiro atoms. The molecule has 1 aromatic carbocycles. The highest BCUT2D eigenvalue weighted by Crippen LogP contribution is 2.28. The summed E-state index contributed by atoms with van der Waals surface area (Å²) in [6.45, 7) is 2.57. The molecule has 0 unspecified atom stereocenters. The molecule has 7 nitrogen and oxygen atoms in total. The van der Waals surface area contributed by atoms with E-state index in [2.05, 4.69) is 0 Å². The first kappa shape index (κ1) is 21.7. The van der Waals surface area contributed by atoms with Gasteiger partial charge in [-0.05, 0) is 44.2 Å². The maximum absolute atomic E-state index is 13.6. The number of hydrogen-bond acceptors (Lipinski definition) is 5. The Balaban J connectivity index is 1.55. The Labute approximate surface area is 171 Å². The molecule has 0 aliphatic carbocycles. The maximum Gasteiger partial charge on any atom is 0.243 e. The van der Waals surface area contributed by atoms with Gasteiger partial charge in [-0.25, -0.2) is 12.8 Å². The second-order valence-corrected chi connectivity index (χ2v) is 9.91. The lowest BCUT2D eigenvalue weighted by Crippen LogP contribution is -2.47. The van der Waals surface area contributed by atoms with Crippen LogP contribution >= 0.6 is 0 Å². The molecule has 3 atom stereocenters. The number of amides is 1. The van der Waals surface area contributed by atoms with Crippen molar-refractivity contribution in [1.29, 1.82) is 5.26 Å². The molecule has 2 saturated heterocycles. The van der Waals surface area contributed by atoms with Crippen LogP contribution in [0.3, 0.4) is 0 Å². The number of likely N-dealkylation sites (tertiary alicyclic amines) is 1. The molecule has 2 heterocycles. The summed E-state index contributed by atoms with van der Waals surface area (Å²) in [5.74, 6) is -0.283. The van der Waals surface area contributed by atoms with Gasteiger partial charge in [-0.1, -0.05) is 17.7 Å². The molecular formula is C20H27FN4O3S. The van der Waals surface area contributed by atoms with Gasteiger partial charge in [-0.2, -0.15) is 9.57 Å². The number of hydrogen-bond donors (Lipinski definition) is 1. The predicted molar refractivity (Wildman–Crippen MR) is 106 cm³/mol. The zero-order chi connectivity index (χ0) is 21.2. The number of sulfonamides is 1. The summed E-state index contributed by atoms with van der Waals surface area (Å²) >= 11 is 0. The monoisotopic (exact) mass is 422 g/mol. The molecule has 2 fully saturated rings. The average Bonchev–Trinajstić information content (AvgIpc) is 3.09. The van der Waals surface area contributed by atoms with Gasteiger partial charge in [0, 0.05) is 19.5 Å². The van der Waals surface area contributed by atoms with Gasteiger partial charge in [-0.15, -0.1) is 0 Å². The number of rotatable bonds is 5. The Hall–Kier alpha value is -2.02. The first-order valence-electron chi connectivity index (χ1n) is 9.89. The fraction of sp³-hybridized carbons (Fsp3) is 0.600. The Kier molecular flexibility index (Phi) is 6.56. The molecule has 3 rings (SSSR count). The topological polar surface area (TPSA) is 108 Å². The molecule has 0 radical (unpaired) electrons. The zero-order valence-corrected chi connectivity index (χ0v) is 17.3. The number of nitriles is 1. The minimum Gasteiger partial charge on any atom is -0.322 e. The second kappa shape index (κ2) is 8.78. The number of alkyl halides is 1. The van der Waals surface area contributed by atoms with Crippen molar-refractivity contribution in [2.75, 3.05) is 19.6 Å². The van der Waals surface area contributed by atoms with Crippen molar-refractivity contribution >= 4 is 15.9 Å². The third kappa shape index (κ3) is 4.77. The lowest BCUT2D eigenvalue weighted by atomic mass is 9.91. The van der Waals surface area contributed by atoms with Gasteiger partial charge in [0.1, 0.15) is 12.2 Å². The Morgan fingerprint density at radius 1 is 1.31 bits per heavy atom. The standard InChI is InChI=1S/C20H27FN4O3S/c1-14-2-4-18(5-3-14)29(27,28)24-8-6-15(7-9-24)10-19(23)20(26)25-13-16(21)11-17(25)12-22/h2-5,15-17,19H,6-11,13,23H2,1H3/t16-,17-,19-/m0/s1. The number of halogens is 1. The van der Waals surface area contributed by atoms with Crippen molar-refractivity contribution in [3.63, 3.8) is 0 Å². The number of benzene rings is 1. The third-order valence-electron chi connectivity index (χ3n) is 5.82. The normalized spacial score (nSPS) is 25.0. The molecule has 1 amide bonds. The molecule has 0 saturated carbocycles. The molecular weight excluding hydrogens is 395 g/mol. The van der Waals surface area contributed by atoms with Crippen LogP contribution in [-0.4, -0.2) is 61.4 Å².